The Labute approximate surface area is 187 Å². The Balaban J connectivity index is 1.77. The molecule has 0 spiro atoms. The number of halogens is 1. The number of hydrogen-bond donors (Lipinski definition) is 0. The minimum atomic E-state index is -3.99. The number of nitrogens with zero attached hydrogens (tertiary/aromatic N) is 2. The molecule has 1 heterocycles. The fraction of sp³-hybridized carbons (Fsp3) is 0.208. The van der Waals surface area contributed by atoms with Crippen molar-refractivity contribution in [3.05, 3.63) is 88.9 Å². The third kappa shape index (κ3) is 3.93. The highest BCUT2D eigenvalue weighted by Crippen LogP contribution is 2.34. The third-order valence-electron chi connectivity index (χ3n) is 5.59. The molecule has 0 saturated heterocycles. The molecule has 0 fully saturated rings. The molecule has 0 unspecified atom stereocenters. The van der Waals surface area contributed by atoms with Crippen LogP contribution in [0, 0.1) is 6.92 Å². The largest absolute Gasteiger partial charge is 0.307 e. The molecule has 0 bridgehead atoms. The van der Waals surface area contributed by atoms with E-state index >= 15 is 0 Å². The number of rotatable bonds is 5. The van der Waals surface area contributed by atoms with E-state index in [4.69, 9.17) is 11.6 Å². The van der Waals surface area contributed by atoms with Crippen molar-refractivity contribution in [1.29, 1.82) is 0 Å². The minimum absolute atomic E-state index is 0.0494. The summed E-state index contributed by atoms with van der Waals surface area (Å²) in [4.78, 5) is 15.3. The molecule has 1 aliphatic rings. The molecule has 7 heteroatoms. The first-order chi connectivity index (χ1) is 14.8. The Morgan fingerprint density at radius 3 is 2.45 bits per heavy atom. The van der Waals surface area contributed by atoms with Gasteiger partial charge in [-0.2, -0.15) is 0 Å². The van der Waals surface area contributed by atoms with Crippen molar-refractivity contribution in [3.8, 4) is 0 Å². The van der Waals surface area contributed by atoms with Crippen molar-refractivity contribution < 1.29 is 13.2 Å². The lowest BCUT2D eigenvalue weighted by Gasteiger charge is -2.30. The van der Waals surface area contributed by atoms with E-state index in [1.807, 2.05) is 31.2 Å². The number of amides is 1. The molecule has 5 nitrogen and oxygen atoms in total. The van der Waals surface area contributed by atoms with Gasteiger partial charge in [0.05, 0.1) is 10.6 Å². The number of benzene rings is 3. The van der Waals surface area contributed by atoms with Crippen molar-refractivity contribution in [2.75, 3.05) is 15.7 Å². The van der Waals surface area contributed by atoms with Crippen LogP contribution in [-0.2, 0) is 21.2 Å². The molecule has 1 amide bonds. The van der Waals surface area contributed by atoms with Crippen LogP contribution in [0.2, 0.25) is 5.02 Å². The predicted molar refractivity (Wildman–Crippen MR) is 124 cm³/mol. The number of fused-ring (bicyclic) bond motifs is 1. The summed E-state index contributed by atoms with van der Waals surface area (Å²) in [6, 6.07) is 20.9. The van der Waals surface area contributed by atoms with Crippen LogP contribution in [0.15, 0.2) is 77.7 Å². The summed E-state index contributed by atoms with van der Waals surface area (Å²) in [5.74, 6) is -0.281. The second-order valence-corrected chi connectivity index (χ2v) is 9.92. The summed E-state index contributed by atoms with van der Waals surface area (Å²) >= 11 is 6.29. The summed E-state index contributed by atoms with van der Waals surface area (Å²) < 4.78 is 28.3. The molecule has 0 N–H and O–H groups in total. The van der Waals surface area contributed by atoms with Gasteiger partial charge in [-0.05, 0) is 61.7 Å². The molecule has 1 atom stereocenters. The van der Waals surface area contributed by atoms with Gasteiger partial charge in [-0.3, -0.25) is 9.10 Å². The zero-order chi connectivity index (χ0) is 22.2. The summed E-state index contributed by atoms with van der Waals surface area (Å²) in [5, 5.41) is 0.443. The topological polar surface area (TPSA) is 57.7 Å². The number of carbonyl (C=O) groups is 1. The second kappa shape index (κ2) is 8.36. The summed E-state index contributed by atoms with van der Waals surface area (Å²) in [5.41, 5.74) is 2.91. The van der Waals surface area contributed by atoms with E-state index in [2.05, 4.69) is 0 Å². The average Bonchev–Trinajstić information content (AvgIpc) is 3.10. The van der Waals surface area contributed by atoms with Crippen LogP contribution < -0.4 is 9.21 Å². The molecule has 0 aliphatic carbocycles. The average molecular weight is 455 g/mol. The molecule has 1 aliphatic heterocycles. The van der Waals surface area contributed by atoms with Crippen LogP contribution in [0.4, 0.5) is 11.4 Å². The van der Waals surface area contributed by atoms with Crippen LogP contribution in [0.3, 0.4) is 0 Å². The first-order valence-corrected chi connectivity index (χ1v) is 11.9. The highest BCUT2D eigenvalue weighted by molar-refractivity contribution is 7.92. The Kier molecular flexibility index (Phi) is 5.77. The summed E-state index contributed by atoms with van der Waals surface area (Å²) in [6.45, 7) is 3.40. The van der Waals surface area contributed by atoms with E-state index in [0.717, 1.165) is 17.7 Å². The van der Waals surface area contributed by atoms with Gasteiger partial charge in [0.2, 0.25) is 5.91 Å². The lowest BCUT2D eigenvalue weighted by Crippen LogP contribution is -2.45. The highest BCUT2D eigenvalue weighted by atomic mass is 35.5. The van der Waals surface area contributed by atoms with Gasteiger partial charge in [0, 0.05) is 16.8 Å². The van der Waals surface area contributed by atoms with Gasteiger partial charge >= 0.3 is 0 Å². The maximum absolute atomic E-state index is 13.6. The normalized spacial score (nSPS) is 15.6. The fourth-order valence-corrected chi connectivity index (χ4v) is 5.69. The minimum Gasteiger partial charge on any atom is -0.307 e. The van der Waals surface area contributed by atoms with E-state index in [-0.39, 0.29) is 23.4 Å². The molecule has 0 saturated carbocycles. The number of para-hydroxylation sites is 1. The van der Waals surface area contributed by atoms with Crippen molar-refractivity contribution in [2.45, 2.75) is 31.2 Å². The molecule has 4 rings (SSSR count). The van der Waals surface area contributed by atoms with Crippen molar-refractivity contribution >= 4 is 38.9 Å². The van der Waals surface area contributed by atoms with Gasteiger partial charge in [0.15, 0.2) is 0 Å². The van der Waals surface area contributed by atoms with Crippen LogP contribution >= 0.6 is 11.6 Å². The van der Waals surface area contributed by atoms with E-state index in [9.17, 15) is 13.2 Å². The van der Waals surface area contributed by atoms with E-state index in [0.29, 0.717) is 16.3 Å². The number of anilines is 2. The van der Waals surface area contributed by atoms with Crippen molar-refractivity contribution in [1.82, 2.24) is 0 Å². The second-order valence-electron chi connectivity index (χ2n) is 7.65. The molecule has 3 aromatic carbocycles. The van der Waals surface area contributed by atoms with Gasteiger partial charge in [0.1, 0.15) is 6.54 Å². The molecular formula is C24H23ClN2O3S. The third-order valence-corrected chi connectivity index (χ3v) is 7.78. The molecular weight excluding hydrogens is 432 g/mol. The van der Waals surface area contributed by atoms with Crippen LogP contribution in [-0.4, -0.2) is 26.9 Å². The molecule has 3 aromatic rings. The molecule has 0 aromatic heterocycles. The van der Waals surface area contributed by atoms with Crippen LogP contribution in [0.25, 0.3) is 0 Å². The highest BCUT2D eigenvalue weighted by Gasteiger charge is 2.35. The standard InChI is InChI=1S/C24H23ClN2O3S/c1-17-15-19-9-6-7-13-23(19)27(17)24(28)16-26(22-14-8-12-21(25)18(22)2)31(29,30)20-10-4-3-5-11-20/h3-14,17H,15-16H2,1-2H3/t17-/m0/s1. The van der Waals surface area contributed by atoms with Crippen LogP contribution in [0.5, 0.6) is 0 Å². The fourth-order valence-electron chi connectivity index (χ4n) is 4.03. The van der Waals surface area contributed by atoms with Gasteiger partial charge in [-0.25, -0.2) is 8.42 Å². The number of hydrogen-bond acceptors (Lipinski definition) is 3. The van der Waals surface area contributed by atoms with Gasteiger partial charge < -0.3 is 4.90 Å². The maximum Gasteiger partial charge on any atom is 0.264 e. The Bertz CT molecular complexity index is 1230. The first-order valence-electron chi connectivity index (χ1n) is 10.0. The van der Waals surface area contributed by atoms with E-state index < -0.39 is 10.0 Å². The Hall–Kier alpha value is -2.83. The van der Waals surface area contributed by atoms with Crippen molar-refractivity contribution in [3.63, 3.8) is 0 Å². The predicted octanol–water partition coefficient (Wildman–Crippen LogP) is 4.82. The zero-order valence-electron chi connectivity index (χ0n) is 17.3. The Morgan fingerprint density at radius 1 is 1.03 bits per heavy atom. The van der Waals surface area contributed by atoms with Crippen LogP contribution in [0.1, 0.15) is 18.1 Å². The zero-order valence-corrected chi connectivity index (χ0v) is 18.9. The number of sulfonamides is 1. The van der Waals surface area contributed by atoms with Gasteiger partial charge in [-0.1, -0.05) is 54.1 Å². The first kappa shape index (κ1) is 21.4. The van der Waals surface area contributed by atoms with Gasteiger partial charge in [-0.15, -0.1) is 0 Å². The monoisotopic (exact) mass is 454 g/mol. The SMILES string of the molecule is Cc1c(Cl)cccc1N(CC(=O)N1c2ccccc2C[C@@H]1C)S(=O)(=O)c1ccccc1. The molecule has 0 radical (unpaired) electrons. The number of carbonyl (C=O) groups excluding carboxylic acids is 1. The van der Waals surface area contributed by atoms with E-state index in [1.54, 1.807) is 48.2 Å². The van der Waals surface area contributed by atoms with Crippen molar-refractivity contribution in [2.24, 2.45) is 0 Å². The summed E-state index contributed by atoms with van der Waals surface area (Å²) in [6.07, 6.45) is 0.740. The quantitative estimate of drug-likeness (QED) is 0.555. The van der Waals surface area contributed by atoms with E-state index in [1.165, 1.54) is 16.4 Å². The summed E-state index contributed by atoms with van der Waals surface area (Å²) in [7, 11) is -3.99. The molecule has 31 heavy (non-hydrogen) atoms. The maximum atomic E-state index is 13.6. The lowest BCUT2D eigenvalue weighted by atomic mass is 10.1. The van der Waals surface area contributed by atoms with Gasteiger partial charge in [0.25, 0.3) is 10.0 Å². The smallest absolute Gasteiger partial charge is 0.264 e. The Morgan fingerprint density at radius 2 is 1.71 bits per heavy atom. The molecule has 160 valence electrons. The lowest BCUT2D eigenvalue weighted by molar-refractivity contribution is -0.117.